The number of fused-ring (bicyclic) bond motifs is 1. The monoisotopic (exact) mass is 626 g/mol. The lowest BCUT2D eigenvalue weighted by atomic mass is 10.0. The summed E-state index contributed by atoms with van der Waals surface area (Å²) in [5.41, 5.74) is 0.985. The van der Waals surface area contributed by atoms with E-state index in [1.807, 2.05) is 18.2 Å². The fourth-order valence-electron chi connectivity index (χ4n) is 5.20. The Balaban J connectivity index is 1.22. The van der Waals surface area contributed by atoms with Gasteiger partial charge >= 0.3 is 17.8 Å². The van der Waals surface area contributed by atoms with Crippen molar-refractivity contribution in [2.45, 2.75) is 90.3 Å². The van der Waals surface area contributed by atoms with Crippen LogP contribution in [0.25, 0.3) is 11.2 Å². The van der Waals surface area contributed by atoms with E-state index >= 15 is 0 Å². The Morgan fingerprint density at radius 3 is 2.20 bits per heavy atom. The van der Waals surface area contributed by atoms with Gasteiger partial charge in [0.1, 0.15) is 12.6 Å². The number of unbranched alkanes of at least 4 members (excludes halogenated alkanes) is 8. The van der Waals surface area contributed by atoms with Gasteiger partial charge in [-0.25, -0.2) is 19.4 Å². The zero-order valence-corrected chi connectivity index (χ0v) is 26.5. The molecule has 2 heterocycles. The van der Waals surface area contributed by atoms with Gasteiger partial charge in [0.25, 0.3) is 5.56 Å². The smallest absolute Gasteiger partial charge is 0.408 e. The molecule has 2 aromatic heterocycles. The van der Waals surface area contributed by atoms with Crippen LogP contribution in [0.15, 0.2) is 46.2 Å². The highest BCUT2D eigenvalue weighted by Crippen LogP contribution is 2.12. The lowest BCUT2D eigenvalue weighted by Gasteiger charge is -2.18. The highest BCUT2D eigenvalue weighted by Gasteiger charge is 2.26. The molecule has 0 fully saturated rings. The summed E-state index contributed by atoms with van der Waals surface area (Å²) in [6.45, 7) is 2.56. The second kappa shape index (κ2) is 17.8. The molecule has 3 N–H and O–H groups in total. The van der Waals surface area contributed by atoms with E-state index in [-0.39, 0.29) is 30.2 Å². The first kappa shape index (κ1) is 35.1. The highest BCUT2D eigenvalue weighted by atomic mass is 16.5. The summed E-state index contributed by atoms with van der Waals surface area (Å²) in [5, 5.41) is 14.7. The van der Waals surface area contributed by atoms with Crippen LogP contribution in [0, 0.1) is 5.92 Å². The summed E-state index contributed by atoms with van der Waals surface area (Å²) in [6.07, 6.45) is 9.52. The number of nitrogens with one attached hydrogen (secondary N) is 2. The molecule has 0 aliphatic rings. The van der Waals surface area contributed by atoms with Crippen LogP contribution in [0.3, 0.4) is 0 Å². The maximum Gasteiger partial charge on any atom is 0.408 e. The Hall–Kier alpha value is -4.42. The molecule has 13 heteroatoms. The van der Waals surface area contributed by atoms with E-state index < -0.39 is 24.0 Å². The van der Waals surface area contributed by atoms with Gasteiger partial charge in [-0.3, -0.25) is 18.7 Å². The number of amides is 2. The number of rotatable bonds is 19. The fourth-order valence-corrected chi connectivity index (χ4v) is 5.20. The number of carboxylic acid groups (broad SMARTS) is 1. The molecule has 0 saturated heterocycles. The number of carbonyl (C=O) groups is 3. The minimum absolute atomic E-state index is 0.0207. The quantitative estimate of drug-likeness (QED) is 0.170. The van der Waals surface area contributed by atoms with Crippen LogP contribution in [0.2, 0.25) is 0 Å². The third-order valence-corrected chi connectivity index (χ3v) is 7.90. The van der Waals surface area contributed by atoms with E-state index in [0.717, 1.165) is 63.4 Å². The van der Waals surface area contributed by atoms with Crippen molar-refractivity contribution in [2.24, 2.45) is 20.0 Å². The second-order valence-electron chi connectivity index (χ2n) is 11.5. The molecule has 0 spiro atoms. The molecule has 0 aliphatic carbocycles. The van der Waals surface area contributed by atoms with Gasteiger partial charge in [0, 0.05) is 33.1 Å². The van der Waals surface area contributed by atoms with E-state index in [2.05, 4.69) is 15.6 Å². The van der Waals surface area contributed by atoms with Gasteiger partial charge in [-0.2, -0.15) is 0 Å². The number of carbonyl (C=O) groups excluding carboxylic acids is 2. The van der Waals surface area contributed by atoms with Crippen molar-refractivity contribution in [1.82, 2.24) is 29.3 Å². The van der Waals surface area contributed by atoms with Gasteiger partial charge in [-0.05, 0) is 24.8 Å². The summed E-state index contributed by atoms with van der Waals surface area (Å²) in [6, 6.07) is 7.82. The first-order chi connectivity index (χ1) is 21.6. The number of imidazole rings is 1. The fraction of sp³-hybridized carbons (Fsp3) is 0.562. The average Bonchev–Trinajstić information content (AvgIpc) is 3.42. The number of benzene rings is 1. The molecule has 1 aromatic carbocycles. The van der Waals surface area contributed by atoms with Crippen LogP contribution in [0.4, 0.5) is 4.79 Å². The molecule has 0 radical (unpaired) electrons. The van der Waals surface area contributed by atoms with E-state index in [0.29, 0.717) is 24.3 Å². The van der Waals surface area contributed by atoms with Crippen LogP contribution >= 0.6 is 0 Å². The largest absolute Gasteiger partial charge is 0.480 e. The van der Waals surface area contributed by atoms with Crippen LogP contribution in [0.5, 0.6) is 0 Å². The first-order valence-electron chi connectivity index (χ1n) is 15.7. The molecular weight excluding hydrogens is 580 g/mol. The molecule has 45 heavy (non-hydrogen) atoms. The van der Waals surface area contributed by atoms with Gasteiger partial charge in [-0.1, -0.05) is 82.2 Å². The number of aryl methyl sites for hydroxylation is 2. The Morgan fingerprint density at radius 2 is 1.56 bits per heavy atom. The molecule has 3 aromatic rings. The zero-order chi connectivity index (χ0) is 32.8. The Bertz CT molecular complexity index is 1530. The van der Waals surface area contributed by atoms with Gasteiger partial charge in [0.2, 0.25) is 5.91 Å². The van der Waals surface area contributed by atoms with E-state index in [1.165, 1.54) is 9.13 Å². The summed E-state index contributed by atoms with van der Waals surface area (Å²) in [7, 11) is 3.38. The van der Waals surface area contributed by atoms with Crippen molar-refractivity contribution >= 4 is 29.1 Å². The van der Waals surface area contributed by atoms with Crippen molar-refractivity contribution in [3.8, 4) is 0 Å². The number of aliphatic carboxylic acids is 1. The maximum absolute atomic E-state index is 12.8. The summed E-state index contributed by atoms with van der Waals surface area (Å²) >= 11 is 0. The molecule has 2 atom stereocenters. The van der Waals surface area contributed by atoms with Crippen LogP contribution in [-0.4, -0.2) is 54.3 Å². The predicted molar refractivity (Wildman–Crippen MR) is 170 cm³/mol. The molecule has 0 saturated carbocycles. The van der Waals surface area contributed by atoms with Crippen molar-refractivity contribution in [3.05, 3.63) is 63.1 Å². The van der Waals surface area contributed by atoms with Gasteiger partial charge in [0.05, 0.1) is 6.33 Å². The second-order valence-corrected chi connectivity index (χ2v) is 11.5. The van der Waals surface area contributed by atoms with Crippen molar-refractivity contribution in [2.75, 3.05) is 6.54 Å². The molecular formula is C32H46N6O7. The van der Waals surface area contributed by atoms with Gasteiger partial charge in [0.15, 0.2) is 11.2 Å². The third-order valence-electron chi connectivity index (χ3n) is 7.90. The van der Waals surface area contributed by atoms with E-state index in [4.69, 9.17) is 4.74 Å². The van der Waals surface area contributed by atoms with Crippen LogP contribution < -0.4 is 21.9 Å². The standard InChI is InChI=1S/C32H46N6O7/c1-23(20-25(30(41)42)35-31(43)45-21-24-16-12-11-13-17-24)28(39)33-18-14-9-7-5-4-6-8-10-15-19-38-29(40)26-27(34-22-36(26)2)37(3)32(38)44/h11-13,16-17,22-23,25H,4-10,14-15,18-21H2,1-3H3,(H,33,39)(H,35,43)(H,41,42)/t23?,25-/m0/s1. The number of ether oxygens (including phenoxy) is 1. The van der Waals surface area contributed by atoms with Crippen LogP contribution in [0.1, 0.15) is 76.7 Å². The molecule has 0 bridgehead atoms. The van der Waals surface area contributed by atoms with Gasteiger partial charge in [-0.15, -0.1) is 0 Å². The Labute approximate surface area is 262 Å². The van der Waals surface area contributed by atoms with Gasteiger partial charge < -0.3 is 25.0 Å². The number of hydrogen-bond acceptors (Lipinski definition) is 7. The Morgan fingerprint density at radius 1 is 0.933 bits per heavy atom. The molecule has 13 nitrogen and oxygen atoms in total. The lowest BCUT2D eigenvalue weighted by molar-refractivity contribution is -0.140. The predicted octanol–water partition coefficient (Wildman–Crippen LogP) is 3.47. The minimum Gasteiger partial charge on any atom is -0.480 e. The number of carboxylic acids is 1. The number of hydrogen-bond donors (Lipinski definition) is 3. The number of alkyl carbamates (subject to hydrolysis) is 1. The third kappa shape index (κ3) is 10.6. The van der Waals surface area contributed by atoms with E-state index in [9.17, 15) is 29.1 Å². The SMILES string of the molecule is CC(C[C@H](NC(=O)OCc1ccccc1)C(=O)O)C(=O)NCCCCCCCCCCCn1c(=O)c2c(ncn2C)n(C)c1=O. The maximum atomic E-state index is 12.8. The van der Waals surface area contributed by atoms with Crippen LogP contribution in [-0.2, 0) is 41.6 Å². The lowest BCUT2D eigenvalue weighted by Crippen LogP contribution is -2.44. The highest BCUT2D eigenvalue weighted by molar-refractivity contribution is 5.82. The number of aromatic nitrogens is 4. The topological polar surface area (TPSA) is 167 Å². The first-order valence-corrected chi connectivity index (χ1v) is 15.7. The zero-order valence-electron chi connectivity index (χ0n) is 26.5. The average molecular weight is 627 g/mol. The molecule has 246 valence electrons. The molecule has 3 rings (SSSR count). The number of nitrogens with zero attached hydrogens (tertiary/aromatic N) is 4. The molecule has 2 amide bonds. The normalized spacial score (nSPS) is 12.5. The van der Waals surface area contributed by atoms with E-state index in [1.54, 1.807) is 44.0 Å². The van der Waals surface area contributed by atoms with Crippen molar-refractivity contribution in [1.29, 1.82) is 0 Å². The molecule has 1 unspecified atom stereocenters. The summed E-state index contributed by atoms with van der Waals surface area (Å²) < 4.78 is 9.46. The minimum atomic E-state index is -1.24. The summed E-state index contributed by atoms with van der Waals surface area (Å²) in [4.78, 5) is 65.7. The Kier molecular flexibility index (Phi) is 13.8. The summed E-state index contributed by atoms with van der Waals surface area (Å²) in [5.74, 6) is -2.07. The molecule has 0 aliphatic heterocycles. The van der Waals surface area contributed by atoms with Crippen molar-refractivity contribution < 1.29 is 24.2 Å². The van der Waals surface area contributed by atoms with Crippen molar-refractivity contribution in [3.63, 3.8) is 0 Å².